The lowest BCUT2D eigenvalue weighted by Gasteiger charge is -2.26. The number of aromatic nitrogens is 1. The zero-order valence-corrected chi connectivity index (χ0v) is 18.2. The molecule has 160 valence electrons. The van der Waals surface area contributed by atoms with Gasteiger partial charge in [0.1, 0.15) is 10.7 Å². The van der Waals surface area contributed by atoms with Gasteiger partial charge in [0.05, 0.1) is 10.7 Å². The van der Waals surface area contributed by atoms with Crippen LogP contribution in [-0.2, 0) is 17.8 Å². The lowest BCUT2D eigenvalue weighted by molar-refractivity contribution is -0.133. The van der Waals surface area contributed by atoms with Crippen LogP contribution in [0.25, 0.3) is 0 Å². The molecule has 0 spiro atoms. The fourth-order valence-electron chi connectivity index (χ4n) is 3.70. The molecular formula is C24H24FN3O2S. The zero-order valence-electron chi connectivity index (χ0n) is 17.4. The third-order valence-electron chi connectivity index (χ3n) is 5.30. The summed E-state index contributed by atoms with van der Waals surface area (Å²) in [5.74, 6) is -0.285. The molecular weight excluding hydrogens is 413 g/mol. The third-order valence-corrected chi connectivity index (χ3v) is 6.45. The molecule has 5 nitrogen and oxygen atoms in total. The topological polar surface area (TPSA) is 62.3 Å². The minimum Gasteiger partial charge on any atom is -0.338 e. The average Bonchev–Trinajstić information content (AvgIpc) is 3.12. The van der Waals surface area contributed by atoms with Gasteiger partial charge in [0.2, 0.25) is 5.91 Å². The summed E-state index contributed by atoms with van der Waals surface area (Å²) >= 11 is 1.35. The van der Waals surface area contributed by atoms with Crippen molar-refractivity contribution in [2.45, 2.75) is 39.2 Å². The maximum atomic E-state index is 13.1. The summed E-state index contributed by atoms with van der Waals surface area (Å²) in [6.07, 6.45) is 3.16. The van der Waals surface area contributed by atoms with Gasteiger partial charge in [-0.25, -0.2) is 9.37 Å². The number of hydrogen-bond acceptors (Lipinski definition) is 4. The maximum absolute atomic E-state index is 13.1. The normalized spacial score (nSPS) is 14.0. The molecule has 1 fully saturated rings. The lowest BCUT2D eigenvalue weighted by atomic mass is 10.1. The van der Waals surface area contributed by atoms with Crippen molar-refractivity contribution in [1.82, 2.24) is 9.88 Å². The molecule has 31 heavy (non-hydrogen) atoms. The monoisotopic (exact) mass is 437 g/mol. The minimum atomic E-state index is -0.272. The largest absolute Gasteiger partial charge is 0.338 e. The number of hydrogen-bond donors (Lipinski definition) is 1. The van der Waals surface area contributed by atoms with Crippen LogP contribution in [0.2, 0.25) is 0 Å². The molecule has 3 aromatic rings. The molecule has 0 atom stereocenters. The molecule has 0 saturated carbocycles. The average molecular weight is 438 g/mol. The highest BCUT2D eigenvalue weighted by molar-refractivity contribution is 7.14. The molecule has 4 rings (SSSR count). The number of likely N-dealkylation sites (tertiary alicyclic amines) is 1. The van der Waals surface area contributed by atoms with Gasteiger partial charge in [0.15, 0.2) is 0 Å². The van der Waals surface area contributed by atoms with Crippen molar-refractivity contribution >= 4 is 28.8 Å². The highest BCUT2D eigenvalue weighted by Crippen LogP contribution is 2.23. The van der Waals surface area contributed by atoms with E-state index < -0.39 is 0 Å². The summed E-state index contributed by atoms with van der Waals surface area (Å²) < 4.78 is 13.1. The van der Waals surface area contributed by atoms with Crippen molar-refractivity contribution < 1.29 is 14.0 Å². The summed E-state index contributed by atoms with van der Waals surface area (Å²) in [5.41, 5.74) is 3.31. The summed E-state index contributed by atoms with van der Waals surface area (Å²) in [5, 5.41) is 3.76. The molecule has 0 unspecified atom stereocenters. The van der Waals surface area contributed by atoms with E-state index in [0.29, 0.717) is 35.6 Å². The van der Waals surface area contributed by atoms with E-state index >= 15 is 0 Å². The Balaban J connectivity index is 1.43. The predicted octanol–water partition coefficient (Wildman–Crippen LogP) is 4.95. The van der Waals surface area contributed by atoms with E-state index in [2.05, 4.69) is 10.3 Å². The van der Waals surface area contributed by atoms with Gasteiger partial charge in [-0.05, 0) is 55.2 Å². The molecule has 7 heteroatoms. The fraction of sp³-hybridized carbons (Fsp3) is 0.292. The van der Waals surface area contributed by atoms with Crippen LogP contribution in [0, 0.1) is 12.7 Å². The number of benzene rings is 2. The highest BCUT2D eigenvalue weighted by atomic mass is 32.1. The lowest BCUT2D eigenvalue weighted by Crippen LogP contribution is -2.34. The number of carbonyl (C=O) groups excluding carboxylic acids is 2. The molecule has 0 radical (unpaired) electrons. The zero-order chi connectivity index (χ0) is 21.8. The van der Waals surface area contributed by atoms with Gasteiger partial charge >= 0.3 is 0 Å². The van der Waals surface area contributed by atoms with Gasteiger partial charge in [0.25, 0.3) is 5.91 Å². The first-order valence-corrected chi connectivity index (χ1v) is 11.2. The summed E-state index contributed by atoms with van der Waals surface area (Å²) in [7, 11) is 0. The van der Waals surface area contributed by atoms with E-state index in [4.69, 9.17) is 0 Å². The number of carbonyl (C=O) groups is 2. The van der Waals surface area contributed by atoms with E-state index in [0.717, 1.165) is 35.5 Å². The van der Waals surface area contributed by atoms with Crippen LogP contribution < -0.4 is 5.32 Å². The van der Waals surface area contributed by atoms with Gasteiger partial charge in [-0.3, -0.25) is 9.59 Å². The van der Waals surface area contributed by atoms with E-state index in [9.17, 15) is 14.0 Å². The van der Waals surface area contributed by atoms with Crippen LogP contribution in [0.3, 0.4) is 0 Å². The molecule has 0 bridgehead atoms. The van der Waals surface area contributed by atoms with Crippen molar-refractivity contribution in [2.24, 2.45) is 0 Å². The second-order valence-corrected chi connectivity index (χ2v) is 8.84. The molecule has 2 heterocycles. The minimum absolute atomic E-state index is 0.189. The Morgan fingerprint density at radius 2 is 1.97 bits per heavy atom. The van der Waals surface area contributed by atoms with Crippen molar-refractivity contribution in [3.05, 3.63) is 81.1 Å². The van der Waals surface area contributed by atoms with Crippen LogP contribution in [0.15, 0.2) is 48.5 Å². The molecule has 1 aromatic heterocycles. The number of anilines is 1. The number of nitrogens with zero attached hydrogens (tertiary/aromatic N) is 2. The van der Waals surface area contributed by atoms with Crippen molar-refractivity contribution in [2.75, 3.05) is 11.9 Å². The predicted molar refractivity (Wildman–Crippen MR) is 120 cm³/mol. The van der Waals surface area contributed by atoms with E-state index in [-0.39, 0.29) is 17.6 Å². The van der Waals surface area contributed by atoms with Gasteiger partial charge in [-0.1, -0.05) is 24.3 Å². The number of nitrogens with one attached hydrogen (secondary N) is 1. The molecule has 2 aromatic carbocycles. The number of rotatable bonds is 6. The summed E-state index contributed by atoms with van der Waals surface area (Å²) in [4.78, 5) is 31.9. The molecule has 1 aliphatic rings. The Morgan fingerprint density at radius 3 is 2.74 bits per heavy atom. The highest BCUT2D eigenvalue weighted by Gasteiger charge is 2.19. The second-order valence-electron chi connectivity index (χ2n) is 7.75. The Hall–Kier alpha value is -3.06. The maximum Gasteiger partial charge on any atom is 0.267 e. The molecule has 1 saturated heterocycles. The van der Waals surface area contributed by atoms with Crippen molar-refractivity contribution in [3.63, 3.8) is 0 Å². The molecule has 1 N–H and O–H groups in total. The molecule has 1 aliphatic heterocycles. The molecule has 0 aliphatic carbocycles. The third kappa shape index (κ3) is 5.35. The van der Waals surface area contributed by atoms with Crippen LogP contribution in [-0.4, -0.2) is 28.2 Å². The number of halogens is 1. The fourth-order valence-corrected chi connectivity index (χ4v) is 4.69. The van der Waals surface area contributed by atoms with Crippen LogP contribution in [0.4, 0.5) is 10.1 Å². The van der Waals surface area contributed by atoms with Crippen molar-refractivity contribution in [3.8, 4) is 0 Å². The van der Waals surface area contributed by atoms with Gasteiger partial charge in [-0.2, -0.15) is 0 Å². The van der Waals surface area contributed by atoms with Gasteiger partial charge in [0, 0.05) is 31.6 Å². The van der Waals surface area contributed by atoms with E-state index in [1.165, 1.54) is 23.5 Å². The second kappa shape index (κ2) is 9.39. The number of amides is 2. The van der Waals surface area contributed by atoms with Gasteiger partial charge in [-0.15, -0.1) is 11.3 Å². The first kappa shape index (κ1) is 21.2. The Kier molecular flexibility index (Phi) is 6.42. The standard InChI is InChI=1S/C24H24FN3O2S/c1-16-23(31-21(26-16)14-17-8-10-19(25)11-9-17)24(30)27-20-6-4-5-18(13-20)15-28-12-3-2-7-22(28)29/h4-6,8-11,13H,2-3,7,12,14-15H2,1H3,(H,27,30). The Labute approximate surface area is 184 Å². The van der Waals surface area contributed by atoms with Crippen molar-refractivity contribution in [1.29, 1.82) is 0 Å². The quantitative estimate of drug-likeness (QED) is 0.594. The van der Waals surface area contributed by atoms with E-state index in [1.54, 1.807) is 12.1 Å². The Morgan fingerprint density at radius 1 is 1.16 bits per heavy atom. The summed E-state index contributed by atoms with van der Waals surface area (Å²) in [6, 6.07) is 13.9. The van der Waals surface area contributed by atoms with Crippen LogP contribution in [0.1, 0.15) is 50.8 Å². The number of piperidine rings is 1. The van der Waals surface area contributed by atoms with Crippen LogP contribution >= 0.6 is 11.3 Å². The van der Waals surface area contributed by atoms with Gasteiger partial charge < -0.3 is 10.2 Å². The first-order chi connectivity index (χ1) is 15.0. The summed E-state index contributed by atoms with van der Waals surface area (Å²) in [6.45, 7) is 3.16. The Bertz CT molecular complexity index is 1090. The molecule has 2 amide bonds. The smallest absolute Gasteiger partial charge is 0.267 e. The van der Waals surface area contributed by atoms with E-state index in [1.807, 2.05) is 36.1 Å². The number of aryl methyl sites for hydroxylation is 1. The first-order valence-electron chi connectivity index (χ1n) is 10.4. The van der Waals surface area contributed by atoms with Crippen LogP contribution in [0.5, 0.6) is 0 Å². The SMILES string of the molecule is Cc1nc(Cc2ccc(F)cc2)sc1C(=O)Nc1cccc(CN2CCCCC2=O)c1. The number of thiazole rings is 1.